The molecule has 0 radical (unpaired) electrons. The molecule has 0 fully saturated rings. The Morgan fingerprint density at radius 3 is 2.94 bits per heavy atom. The Morgan fingerprint density at radius 2 is 2.28 bits per heavy atom. The average molecular weight is 311 g/mol. The van der Waals surface area contributed by atoms with Crippen LogP contribution in [-0.2, 0) is 13.1 Å². The van der Waals surface area contributed by atoms with Gasteiger partial charge in [-0.2, -0.15) is 5.10 Å². The van der Waals surface area contributed by atoms with Gasteiger partial charge in [0.1, 0.15) is 0 Å². The summed E-state index contributed by atoms with van der Waals surface area (Å²) in [6, 6.07) is 1.99. The van der Waals surface area contributed by atoms with Crippen LogP contribution in [0.15, 0.2) is 29.1 Å². The molecule has 6 heteroatoms. The van der Waals surface area contributed by atoms with E-state index < -0.39 is 0 Å². The summed E-state index contributed by atoms with van der Waals surface area (Å²) in [6.07, 6.45) is 5.27. The van der Waals surface area contributed by atoms with Crippen molar-refractivity contribution in [1.82, 2.24) is 20.1 Å². The zero-order chi connectivity index (χ0) is 13.0. The van der Waals surface area contributed by atoms with Gasteiger partial charge in [0.2, 0.25) is 5.88 Å². The Bertz CT molecular complexity index is 527. The molecule has 18 heavy (non-hydrogen) atoms. The van der Waals surface area contributed by atoms with Gasteiger partial charge in [0.15, 0.2) is 5.75 Å². The van der Waals surface area contributed by atoms with Crippen molar-refractivity contribution in [2.24, 2.45) is 0 Å². The second-order valence-corrected chi connectivity index (χ2v) is 4.70. The molecule has 0 aliphatic carbocycles. The number of nitrogens with one attached hydrogen (secondary N) is 1. The number of halogens is 1. The van der Waals surface area contributed by atoms with Gasteiger partial charge in [0, 0.05) is 29.3 Å². The minimum Gasteiger partial charge on any atom is -0.435 e. The minimum atomic E-state index is 0.600. The third-order valence-corrected chi connectivity index (χ3v) is 2.84. The largest absolute Gasteiger partial charge is 0.435 e. The molecule has 0 atom stereocenters. The van der Waals surface area contributed by atoms with Crippen LogP contribution in [0.25, 0.3) is 0 Å². The number of aryl methyl sites for hydroxylation is 1. The lowest BCUT2D eigenvalue weighted by Crippen LogP contribution is -2.07. The highest BCUT2D eigenvalue weighted by molar-refractivity contribution is 9.10. The molecule has 0 aliphatic heterocycles. The Kier molecular flexibility index (Phi) is 4.33. The summed E-state index contributed by atoms with van der Waals surface area (Å²) in [5, 5.41) is 7.26. The van der Waals surface area contributed by atoms with Crippen molar-refractivity contribution in [1.29, 1.82) is 0 Å². The van der Waals surface area contributed by atoms with Gasteiger partial charge in [0.05, 0.1) is 12.4 Å². The summed E-state index contributed by atoms with van der Waals surface area (Å²) in [7, 11) is 1.89. The first kappa shape index (κ1) is 13.0. The van der Waals surface area contributed by atoms with Crippen LogP contribution in [0.2, 0.25) is 0 Å². The molecule has 0 aromatic carbocycles. The van der Waals surface area contributed by atoms with E-state index in [1.165, 1.54) is 0 Å². The van der Waals surface area contributed by atoms with Crippen molar-refractivity contribution in [2.75, 3.05) is 7.05 Å². The average Bonchev–Trinajstić information content (AvgIpc) is 2.81. The highest BCUT2D eigenvalue weighted by atomic mass is 79.9. The zero-order valence-electron chi connectivity index (χ0n) is 10.4. The molecule has 0 saturated carbocycles. The molecule has 0 spiro atoms. The van der Waals surface area contributed by atoms with E-state index in [0.717, 1.165) is 16.6 Å². The molecule has 2 aromatic rings. The van der Waals surface area contributed by atoms with Crippen LogP contribution in [0.3, 0.4) is 0 Å². The summed E-state index contributed by atoms with van der Waals surface area (Å²) in [5.74, 6) is 1.30. The van der Waals surface area contributed by atoms with Crippen LogP contribution in [-0.4, -0.2) is 21.8 Å². The van der Waals surface area contributed by atoms with Crippen LogP contribution in [0, 0.1) is 0 Å². The summed E-state index contributed by atoms with van der Waals surface area (Å²) in [6.45, 7) is 3.55. The molecule has 0 amide bonds. The van der Waals surface area contributed by atoms with Crippen LogP contribution in [0.5, 0.6) is 11.6 Å². The van der Waals surface area contributed by atoms with Gasteiger partial charge in [0.25, 0.3) is 0 Å². The van der Waals surface area contributed by atoms with E-state index in [1.54, 1.807) is 12.4 Å². The Hall–Kier alpha value is -1.40. The first-order valence-corrected chi connectivity index (χ1v) is 6.51. The number of ether oxygens (including phenoxy) is 1. The van der Waals surface area contributed by atoms with Gasteiger partial charge in [-0.05, 0) is 36.0 Å². The van der Waals surface area contributed by atoms with Gasteiger partial charge in [-0.15, -0.1) is 0 Å². The van der Waals surface area contributed by atoms with E-state index in [1.807, 2.05) is 30.9 Å². The molecule has 96 valence electrons. The number of pyridine rings is 1. The summed E-state index contributed by atoms with van der Waals surface area (Å²) >= 11 is 3.40. The lowest BCUT2D eigenvalue weighted by Gasteiger charge is -2.08. The summed E-state index contributed by atoms with van der Waals surface area (Å²) in [5.41, 5.74) is 0.996. The monoisotopic (exact) mass is 310 g/mol. The topological polar surface area (TPSA) is 52.0 Å². The van der Waals surface area contributed by atoms with Gasteiger partial charge in [-0.1, -0.05) is 0 Å². The normalized spacial score (nSPS) is 10.6. The maximum absolute atomic E-state index is 5.74. The van der Waals surface area contributed by atoms with Gasteiger partial charge >= 0.3 is 0 Å². The Labute approximate surface area is 114 Å². The first-order chi connectivity index (χ1) is 8.72. The highest BCUT2D eigenvalue weighted by Crippen LogP contribution is 2.25. The minimum absolute atomic E-state index is 0.600. The quantitative estimate of drug-likeness (QED) is 0.922. The Balaban J connectivity index is 2.22. The van der Waals surface area contributed by atoms with Crippen molar-refractivity contribution in [3.05, 3.63) is 34.7 Å². The second kappa shape index (κ2) is 5.97. The zero-order valence-corrected chi connectivity index (χ0v) is 11.9. The van der Waals surface area contributed by atoms with Gasteiger partial charge < -0.3 is 10.1 Å². The van der Waals surface area contributed by atoms with Crippen molar-refractivity contribution in [3.63, 3.8) is 0 Å². The second-order valence-electron chi connectivity index (χ2n) is 3.78. The van der Waals surface area contributed by atoms with E-state index in [9.17, 15) is 0 Å². The predicted molar refractivity (Wildman–Crippen MR) is 72.7 cm³/mol. The molecule has 2 heterocycles. The number of rotatable bonds is 5. The molecule has 0 aliphatic rings. The third-order valence-electron chi connectivity index (χ3n) is 2.41. The fraction of sp³-hybridized carbons (Fsp3) is 0.333. The first-order valence-electron chi connectivity index (χ1n) is 5.72. The smallest absolute Gasteiger partial charge is 0.223 e. The molecule has 0 bridgehead atoms. The van der Waals surface area contributed by atoms with Crippen LogP contribution in [0.4, 0.5) is 0 Å². The molecular weight excluding hydrogens is 296 g/mol. The molecule has 2 aromatic heterocycles. The van der Waals surface area contributed by atoms with Crippen molar-refractivity contribution >= 4 is 15.9 Å². The fourth-order valence-corrected chi connectivity index (χ4v) is 1.94. The molecule has 0 saturated heterocycles. The maximum atomic E-state index is 5.74. The van der Waals surface area contributed by atoms with Crippen LogP contribution >= 0.6 is 15.9 Å². The van der Waals surface area contributed by atoms with Crippen molar-refractivity contribution in [3.8, 4) is 11.6 Å². The third kappa shape index (κ3) is 3.08. The summed E-state index contributed by atoms with van der Waals surface area (Å²) < 4.78 is 8.49. The molecule has 2 rings (SSSR count). The number of hydrogen-bond acceptors (Lipinski definition) is 4. The van der Waals surface area contributed by atoms with Crippen LogP contribution in [0.1, 0.15) is 12.5 Å². The Morgan fingerprint density at radius 1 is 1.44 bits per heavy atom. The number of hydrogen-bond donors (Lipinski definition) is 1. The van der Waals surface area contributed by atoms with Crippen molar-refractivity contribution < 1.29 is 4.74 Å². The lowest BCUT2D eigenvalue weighted by molar-refractivity contribution is 0.453. The lowest BCUT2D eigenvalue weighted by atomic mass is 10.3. The maximum Gasteiger partial charge on any atom is 0.223 e. The fourth-order valence-electron chi connectivity index (χ4n) is 1.56. The van der Waals surface area contributed by atoms with E-state index >= 15 is 0 Å². The van der Waals surface area contributed by atoms with E-state index in [2.05, 4.69) is 31.3 Å². The van der Waals surface area contributed by atoms with E-state index in [-0.39, 0.29) is 0 Å². The van der Waals surface area contributed by atoms with Gasteiger partial charge in [-0.25, -0.2) is 4.98 Å². The molecule has 0 unspecified atom stereocenters. The molecule has 1 N–H and O–H groups in total. The number of nitrogens with zero attached hydrogens (tertiary/aromatic N) is 3. The predicted octanol–water partition coefficient (Wildman–Crippen LogP) is 2.57. The van der Waals surface area contributed by atoms with Crippen molar-refractivity contribution in [2.45, 2.75) is 20.0 Å². The van der Waals surface area contributed by atoms with E-state index in [4.69, 9.17) is 4.74 Å². The molecule has 5 nitrogen and oxygen atoms in total. The van der Waals surface area contributed by atoms with Crippen LogP contribution < -0.4 is 10.1 Å². The standard InChI is InChI=1S/C12H15BrN4O/c1-3-17-8-11(7-16-17)18-12-9(5-14-2)4-10(13)6-15-12/h4,6-8,14H,3,5H2,1-2H3. The summed E-state index contributed by atoms with van der Waals surface area (Å²) in [4.78, 5) is 4.28. The highest BCUT2D eigenvalue weighted by Gasteiger charge is 2.08. The molecular formula is C12H15BrN4O. The number of aromatic nitrogens is 3. The van der Waals surface area contributed by atoms with Gasteiger partial charge in [-0.3, -0.25) is 4.68 Å². The SMILES string of the molecule is CCn1cc(Oc2ncc(Br)cc2CNC)cn1. The van der Waals surface area contributed by atoms with E-state index in [0.29, 0.717) is 18.2 Å².